The molecule has 0 unspecified atom stereocenters. The van der Waals surface area contributed by atoms with E-state index in [1.54, 1.807) is 0 Å². The molecule has 38 heavy (non-hydrogen) atoms. The van der Waals surface area contributed by atoms with Gasteiger partial charge in [0.05, 0.1) is 17.3 Å². The van der Waals surface area contributed by atoms with E-state index in [0.29, 0.717) is 12.5 Å². The van der Waals surface area contributed by atoms with Crippen LogP contribution in [-0.4, -0.2) is 56.7 Å². The average molecular weight is 511 g/mol. The van der Waals surface area contributed by atoms with Crippen molar-refractivity contribution < 1.29 is 4.79 Å². The third-order valence-electron chi connectivity index (χ3n) is 7.13. The van der Waals surface area contributed by atoms with Gasteiger partial charge < -0.3 is 9.80 Å². The smallest absolute Gasteiger partial charge is 0.253 e. The Morgan fingerprint density at radius 2 is 1.66 bits per heavy atom. The van der Waals surface area contributed by atoms with Gasteiger partial charge in [0.15, 0.2) is 5.65 Å². The van der Waals surface area contributed by atoms with Crippen LogP contribution in [0.2, 0.25) is 0 Å². The van der Waals surface area contributed by atoms with Crippen molar-refractivity contribution in [3.63, 3.8) is 0 Å². The Hall–Kier alpha value is -3.74. The van der Waals surface area contributed by atoms with Crippen molar-refractivity contribution >= 4 is 22.8 Å². The van der Waals surface area contributed by atoms with Crippen molar-refractivity contribution in [3.05, 3.63) is 77.7 Å². The molecular weight excluding hydrogens is 472 g/mol. The Morgan fingerprint density at radius 3 is 2.34 bits per heavy atom. The number of nitrogens with zero attached hydrogens (tertiary/aromatic N) is 6. The number of amides is 1. The van der Waals surface area contributed by atoms with E-state index in [1.165, 1.54) is 5.56 Å². The van der Waals surface area contributed by atoms with Crippen molar-refractivity contribution in [2.45, 2.75) is 52.9 Å². The molecule has 2 aromatic carbocycles. The summed E-state index contributed by atoms with van der Waals surface area (Å²) in [7, 11) is 0. The third-order valence-corrected chi connectivity index (χ3v) is 7.13. The summed E-state index contributed by atoms with van der Waals surface area (Å²) in [6.07, 6.45) is 3.55. The molecule has 7 nitrogen and oxygen atoms in total. The fraction of sp³-hybridized carbons (Fsp3) is 0.419. The lowest BCUT2D eigenvalue weighted by molar-refractivity contribution is 0.0767. The first-order chi connectivity index (χ1) is 18.2. The van der Waals surface area contributed by atoms with Crippen LogP contribution < -0.4 is 4.90 Å². The Balaban J connectivity index is 1.41. The molecule has 0 aliphatic carbocycles. The van der Waals surface area contributed by atoms with Crippen LogP contribution in [0, 0.1) is 5.92 Å². The zero-order chi connectivity index (χ0) is 26.9. The summed E-state index contributed by atoms with van der Waals surface area (Å²) in [6, 6.07) is 18.2. The maximum absolute atomic E-state index is 13.4. The van der Waals surface area contributed by atoms with E-state index in [2.05, 4.69) is 51.7 Å². The number of benzene rings is 2. The standard InChI is InChI=1S/C31H38N6O/c1-22(2)20-27-33-28(26-21-32-37(29(26)34-27)25-10-7-6-8-11-25)35-16-9-17-36(19-18-35)30(38)23-12-14-24(15-13-23)31(3,4)5/h6-8,10-15,21-22H,9,16-20H2,1-5H3. The predicted octanol–water partition coefficient (Wildman–Crippen LogP) is 5.66. The second kappa shape index (κ2) is 10.6. The molecule has 0 radical (unpaired) electrons. The molecule has 1 fully saturated rings. The lowest BCUT2D eigenvalue weighted by Crippen LogP contribution is -2.35. The van der Waals surface area contributed by atoms with Gasteiger partial charge in [-0.15, -0.1) is 0 Å². The van der Waals surface area contributed by atoms with Crippen LogP contribution >= 0.6 is 0 Å². The van der Waals surface area contributed by atoms with E-state index in [4.69, 9.17) is 15.1 Å². The van der Waals surface area contributed by atoms with Crippen LogP contribution in [-0.2, 0) is 11.8 Å². The monoisotopic (exact) mass is 510 g/mol. The number of carbonyl (C=O) groups excluding carboxylic acids is 1. The molecule has 7 heteroatoms. The molecule has 0 atom stereocenters. The molecule has 5 rings (SSSR count). The molecule has 3 heterocycles. The van der Waals surface area contributed by atoms with Crippen LogP contribution in [0.4, 0.5) is 5.82 Å². The molecular formula is C31H38N6O. The van der Waals surface area contributed by atoms with E-state index in [9.17, 15) is 4.79 Å². The Labute approximate surface area is 225 Å². The summed E-state index contributed by atoms with van der Waals surface area (Å²) in [5.41, 5.74) is 3.85. The highest BCUT2D eigenvalue weighted by Gasteiger charge is 2.25. The molecule has 0 saturated carbocycles. The molecule has 0 bridgehead atoms. The van der Waals surface area contributed by atoms with Gasteiger partial charge in [0.1, 0.15) is 11.6 Å². The number of aromatic nitrogens is 4. The van der Waals surface area contributed by atoms with E-state index in [1.807, 2.05) is 58.2 Å². The number of hydrogen-bond acceptors (Lipinski definition) is 5. The van der Waals surface area contributed by atoms with Gasteiger partial charge in [0.2, 0.25) is 0 Å². The van der Waals surface area contributed by atoms with E-state index in [0.717, 1.165) is 66.4 Å². The highest BCUT2D eigenvalue weighted by atomic mass is 16.2. The fourth-order valence-corrected chi connectivity index (χ4v) is 5.02. The van der Waals surface area contributed by atoms with Crippen molar-refractivity contribution in [2.24, 2.45) is 5.92 Å². The van der Waals surface area contributed by atoms with Gasteiger partial charge >= 0.3 is 0 Å². The summed E-state index contributed by atoms with van der Waals surface area (Å²) >= 11 is 0. The zero-order valence-electron chi connectivity index (χ0n) is 23.2. The van der Waals surface area contributed by atoms with E-state index < -0.39 is 0 Å². The summed E-state index contributed by atoms with van der Waals surface area (Å²) in [5.74, 6) is 2.28. The van der Waals surface area contributed by atoms with Gasteiger partial charge in [0, 0.05) is 38.2 Å². The predicted molar refractivity (Wildman–Crippen MR) is 153 cm³/mol. The largest absolute Gasteiger partial charge is 0.354 e. The summed E-state index contributed by atoms with van der Waals surface area (Å²) in [4.78, 5) is 27.6. The van der Waals surface area contributed by atoms with Gasteiger partial charge in [-0.1, -0.05) is 65.0 Å². The SMILES string of the molecule is CC(C)Cc1nc(N2CCCN(C(=O)c3ccc(C(C)(C)C)cc3)CC2)c2cnn(-c3ccccc3)c2n1. The van der Waals surface area contributed by atoms with Gasteiger partial charge in [0.25, 0.3) is 5.91 Å². The molecule has 0 N–H and O–H groups in total. The number of carbonyl (C=O) groups is 1. The first-order valence-electron chi connectivity index (χ1n) is 13.7. The Bertz CT molecular complexity index is 1400. The highest BCUT2D eigenvalue weighted by molar-refractivity contribution is 5.94. The maximum atomic E-state index is 13.4. The molecule has 1 saturated heterocycles. The number of para-hydroxylation sites is 1. The highest BCUT2D eigenvalue weighted by Crippen LogP contribution is 2.28. The molecule has 4 aromatic rings. The minimum atomic E-state index is 0.0658. The quantitative estimate of drug-likeness (QED) is 0.346. The van der Waals surface area contributed by atoms with Crippen molar-refractivity contribution in [3.8, 4) is 5.69 Å². The normalized spacial score (nSPS) is 14.8. The molecule has 1 aliphatic heterocycles. The summed E-state index contributed by atoms with van der Waals surface area (Å²) in [6.45, 7) is 13.9. The fourth-order valence-electron chi connectivity index (χ4n) is 5.02. The third kappa shape index (κ3) is 5.42. The van der Waals surface area contributed by atoms with E-state index in [-0.39, 0.29) is 11.3 Å². The first-order valence-corrected chi connectivity index (χ1v) is 13.7. The minimum Gasteiger partial charge on any atom is -0.354 e. The number of hydrogen-bond donors (Lipinski definition) is 0. The first kappa shape index (κ1) is 25.9. The molecule has 0 spiro atoms. The lowest BCUT2D eigenvalue weighted by Gasteiger charge is -2.24. The molecule has 2 aromatic heterocycles. The minimum absolute atomic E-state index is 0.0658. The number of anilines is 1. The maximum Gasteiger partial charge on any atom is 0.253 e. The summed E-state index contributed by atoms with van der Waals surface area (Å²) < 4.78 is 1.90. The molecule has 1 amide bonds. The number of rotatable bonds is 5. The zero-order valence-corrected chi connectivity index (χ0v) is 23.2. The van der Waals surface area contributed by atoms with Crippen molar-refractivity contribution in [1.82, 2.24) is 24.6 Å². The van der Waals surface area contributed by atoms with Gasteiger partial charge in [-0.25, -0.2) is 14.6 Å². The van der Waals surface area contributed by atoms with E-state index >= 15 is 0 Å². The van der Waals surface area contributed by atoms with Gasteiger partial charge in [-0.2, -0.15) is 5.10 Å². The second-order valence-electron chi connectivity index (χ2n) is 11.7. The van der Waals surface area contributed by atoms with Crippen LogP contribution in [0.3, 0.4) is 0 Å². The topological polar surface area (TPSA) is 67.2 Å². The van der Waals surface area contributed by atoms with Crippen LogP contribution in [0.5, 0.6) is 0 Å². The second-order valence-corrected chi connectivity index (χ2v) is 11.7. The molecule has 198 valence electrons. The Morgan fingerprint density at radius 1 is 0.921 bits per heavy atom. The summed E-state index contributed by atoms with van der Waals surface area (Å²) in [5, 5.41) is 5.64. The van der Waals surface area contributed by atoms with Crippen molar-refractivity contribution in [2.75, 3.05) is 31.1 Å². The van der Waals surface area contributed by atoms with Gasteiger partial charge in [-0.05, 0) is 47.6 Å². The number of fused-ring (bicyclic) bond motifs is 1. The van der Waals surface area contributed by atoms with Crippen LogP contribution in [0.15, 0.2) is 60.8 Å². The van der Waals surface area contributed by atoms with Crippen LogP contribution in [0.25, 0.3) is 16.7 Å². The Kier molecular flexibility index (Phi) is 7.19. The lowest BCUT2D eigenvalue weighted by atomic mass is 9.86. The molecule has 1 aliphatic rings. The van der Waals surface area contributed by atoms with Gasteiger partial charge in [-0.3, -0.25) is 4.79 Å². The van der Waals surface area contributed by atoms with Crippen molar-refractivity contribution in [1.29, 1.82) is 0 Å². The van der Waals surface area contributed by atoms with Crippen LogP contribution in [0.1, 0.15) is 62.8 Å². The average Bonchev–Trinajstić information content (AvgIpc) is 3.16.